The van der Waals surface area contributed by atoms with Crippen LogP contribution in [0.4, 0.5) is 0 Å². The van der Waals surface area contributed by atoms with Crippen LogP contribution in [0.3, 0.4) is 0 Å². The highest BCUT2D eigenvalue weighted by Crippen LogP contribution is 2.33. The molecule has 3 aromatic heterocycles. The van der Waals surface area contributed by atoms with Gasteiger partial charge in [-0.15, -0.1) is 5.10 Å². The Kier molecular flexibility index (Phi) is 4.01. The molecule has 4 heterocycles. The summed E-state index contributed by atoms with van der Waals surface area (Å²) in [5, 5.41) is 5.10. The molecule has 8 heteroatoms. The van der Waals surface area contributed by atoms with Crippen LogP contribution in [0.25, 0.3) is 33.8 Å². The van der Waals surface area contributed by atoms with Crippen LogP contribution in [0.5, 0.6) is 11.5 Å². The lowest BCUT2D eigenvalue weighted by molar-refractivity contribution is 0.171. The van der Waals surface area contributed by atoms with Crippen LogP contribution < -0.4 is 15.0 Å². The molecule has 6 rings (SSSR count). The Morgan fingerprint density at radius 2 is 1.72 bits per heavy atom. The number of pyridine rings is 1. The highest BCUT2D eigenvalue weighted by atomic mass is 16.6. The average molecular weight is 425 g/mol. The first-order valence-corrected chi connectivity index (χ1v) is 10.3. The number of fused-ring (bicyclic) bond motifs is 4. The third kappa shape index (κ3) is 2.91. The van der Waals surface area contributed by atoms with E-state index >= 15 is 0 Å². The molecule has 0 bridgehead atoms. The predicted octanol–water partition coefficient (Wildman–Crippen LogP) is 3.48. The zero-order valence-corrected chi connectivity index (χ0v) is 17.6. The Morgan fingerprint density at radius 1 is 0.938 bits per heavy atom. The molecule has 0 atom stereocenters. The Bertz CT molecular complexity index is 1560. The molecule has 8 nitrogen and oxygen atoms in total. The van der Waals surface area contributed by atoms with Gasteiger partial charge in [-0.05, 0) is 61.4 Å². The molecule has 0 unspecified atom stereocenters. The van der Waals surface area contributed by atoms with E-state index in [9.17, 15) is 4.79 Å². The fourth-order valence-corrected chi connectivity index (χ4v) is 4.12. The Morgan fingerprint density at radius 3 is 2.53 bits per heavy atom. The van der Waals surface area contributed by atoms with Crippen molar-refractivity contribution in [1.82, 2.24) is 24.1 Å². The van der Waals surface area contributed by atoms with Crippen molar-refractivity contribution in [1.29, 1.82) is 0 Å². The maximum Gasteiger partial charge on any atom is 0.266 e. The van der Waals surface area contributed by atoms with Gasteiger partial charge in [0.1, 0.15) is 13.2 Å². The number of nitrogens with zero attached hydrogens (tertiary/aromatic N) is 5. The van der Waals surface area contributed by atoms with Crippen molar-refractivity contribution >= 4 is 16.7 Å². The third-order valence-corrected chi connectivity index (χ3v) is 5.52. The monoisotopic (exact) mass is 425 g/mol. The van der Waals surface area contributed by atoms with E-state index in [1.165, 1.54) is 0 Å². The molecule has 0 amide bonds. The number of aryl methyl sites for hydroxylation is 2. The third-order valence-electron chi connectivity index (χ3n) is 5.52. The van der Waals surface area contributed by atoms with Gasteiger partial charge in [-0.2, -0.15) is 9.50 Å². The van der Waals surface area contributed by atoms with Crippen molar-refractivity contribution in [2.75, 3.05) is 13.2 Å². The van der Waals surface area contributed by atoms with Gasteiger partial charge in [0.05, 0.1) is 10.9 Å². The van der Waals surface area contributed by atoms with E-state index in [1.807, 2.05) is 50.2 Å². The first-order chi connectivity index (χ1) is 15.6. The average Bonchev–Trinajstić information content (AvgIpc) is 3.23. The van der Waals surface area contributed by atoms with Crippen LogP contribution in [0.1, 0.15) is 11.1 Å². The second kappa shape index (κ2) is 6.91. The van der Waals surface area contributed by atoms with Gasteiger partial charge in [0.15, 0.2) is 17.3 Å². The van der Waals surface area contributed by atoms with E-state index in [-0.39, 0.29) is 5.56 Å². The summed E-state index contributed by atoms with van der Waals surface area (Å²) in [5.41, 5.74) is 4.30. The first kappa shape index (κ1) is 18.6. The highest BCUT2D eigenvalue weighted by Gasteiger charge is 2.17. The lowest BCUT2D eigenvalue weighted by Crippen LogP contribution is -2.19. The van der Waals surface area contributed by atoms with Crippen molar-refractivity contribution in [2.45, 2.75) is 13.8 Å². The van der Waals surface area contributed by atoms with Gasteiger partial charge in [-0.1, -0.05) is 6.07 Å². The van der Waals surface area contributed by atoms with Gasteiger partial charge in [0.25, 0.3) is 11.3 Å². The minimum atomic E-state index is -0.154. The summed E-state index contributed by atoms with van der Waals surface area (Å²) in [5.74, 6) is 2.30. The van der Waals surface area contributed by atoms with Crippen LogP contribution in [0, 0.1) is 13.8 Å². The lowest BCUT2D eigenvalue weighted by Gasteiger charge is -2.18. The minimum Gasteiger partial charge on any atom is -0.486 e. The van der Waals surface area contributed by atoms with E-state index in [4.69, 9.17) is 9.47 Å². The number of benzene rings is 2. The lowest BCUT2D eigenvalue weighted by atomic mass is 10.1. The van der Waals surface area contributed by atoms with Crippen LogP contribution >= 0.6 is 0 Å². The highest BCUT2D eigenvalue weighted by molar-refractivity contribution is 5.79. The quantitative estimate of drug-likeness (QED) is 0.431. The summed E-state index contributed by atoms with van der Waals surface area (Å²) in [6, 6.07) is 13.5. The molecule has 0 radical (unpaired) electrons. The van der Waals surface area contributed by atoms with Gasteiger partial charge in [-0.25, -0.2) is 4.98 Å². The number of hydrogen-bond acceptors (Lipinski definition) is 6. The molecule has 1 aliphatic heterocycles. The number of ether oxygens (including phenoxy) is 2. The number of aromatic nitrogens is 5. The standard InChI is InChI=1S/C24H19N5O3/c1-14-9-15(2)11-17(10-14)28-6-5-19-18(23(28)30)13-25-24-26-22(27-29(19)24)16-3-4-20-21(12-16)32-8-7-31-20/h3-6,9-13H,7-8H2,1-2H3. The molecule has 32 heavy (non-hydrogen) atoms. The van der Waals surface area contributed by atoms with Gasteiger partial charge < -0.3 is 9.47 Å². The van der Waals surface area contributed by atoms with E-state index in [2.05, 4.69) is 21.1 Å². The molecule has 0 spiro atoms. The summed E-state index contributed by atoms with van der Waals surface area (Å²) in [6.07, 6.45) is 3.33. The second-order valence-electron chi connectivity index (χ2n) is 7.90. The van der Waals surface area contributed by atoms with Gasteiger partial charge in [0.2, 0.25) is 0 Å². The van der Waals surface area contributed by atoms with Crippen LogP contribution in [0.2, 0.25) is 0 Å². The van der Waals surface area contributed by atoms with Crippen molar-refractivity contribution in [3.8, 4) is 28.6 Å². The molecule has 0 N–H and O–H groups in total. The second-order valence-corrected chi connectivity index (χ2v) is 7.90. The zero-order chi connectivity index (χ0) is 21.8. The Hall–Kier alpha value is -4.20. The van der Waals surface area contributed by atoms with E-state index in [0.717, 1.165) is 22.4 Å². The van der Waals surface area contributed by atoms with Crippen LogP contribution in [-0.2, 0) is 0 Å². The topological polar surface area (TPSA) is 83.5 Å². The summed E-state index contributed by atoms with van der Waals surface area (Å²) in [6.45, 7) is 5.08. The fraction of sp³-hybridized carbons (Fsp3) is 0.167. The van der Waals surface area contributed by atoms with Gasteiger partial charge in [-0.3, -0.25) is 9.36 Å². The molecule has 0 saturated carbocycles. The molecule has 0 saturated heterocycles. The smallest absolute Gasteiger partial charge is 0.266 e. The molecule has 158 valence electrons. The largest absolute Gasteiger partial charge is 0.486 e. The normalized spacial score (nSPS) is 13.1. The molecular formula is C24H19N5O3. The fourth-order valence-electron chi connectivity index (χ4n) is 4.12. The maximum atomic E-state index is 13.3. The first-order valence-electron chi connectivity index (χ1n) is 10.3. The van der Waals surface area contributed by atoms with Crippen molar-refractivity contribution in [3.05, 3.63) is 76.3 Å². The SMILES string of the molecule is Cc1cc(C)cc(-n2ccc3c(cnc4nc(-c5ccc6c(c5)OCCO6)nn43)c2=O)c1. The Labute approximate surface area is 182 Å². The van der Waals surface area contributed by atoms with Crippen molar-refractivity contribution < 1.29 is 9.47 Å². The van der Waals surface area contributed by atoms with E-state index in [1.54, 1.807) is 21.5 Å². The molecule has 2 aromatic carbocycles. The summed E-state index contributed by atoms with van der Waals surface area (Å²) in [7, 11) is 0. The molecular weight excluding hydrogens is 406 g/mol. The summed E-state index contributed by atoms with van der Waals surface area (Å²) < 4.78 is 14.5. The maximum absolute atomic E-state index is 13.3. The molecule has 0 fully saturated rings. The summed E-state index contributed by atoms with van der Waals surface area (Å²) in [4.78, 5) is 22.2. The number of hydrogen-bond donors (Lipinski definition) is 0. The van der Waals surface area contributed by atoms with Crippen LogP contribution in [-0.4, -0.2) is 37.4 Å². The van der Waals surface area contributed by atoms with E-state index in [0.29, 0.717) is 47.2 Å². The Balaban J connectivity index is 1.50. The van der Waals surface area contributed by atoms with Gasteiger partial charge >= 0.3 is 0 Å². The molecule has 0 aliphatic carbocycles. The minimum absolute atomic E-state index is 0.154. The van der Waals surface area contributed by atoms with Crippen molar-refractivity contribution in [3.63, 3.8) is 0 Å². The zero-order valence-electron chi connectivity index (χ0n) is 17.6. The molecule has 1 aliphatic rings. The van der Waals surface area contributed by atoms with Gasteiger partial charge in [0, 0.05) is 23.6 Å². The predicted molar refractivity (Wildman–Crippen MR) is 120 cm³/mol. The van der Waals surface area contributed by atoms with Crippen LogP contribution in [0.15, 0.2) is 59.7 Å². The van der Waals surface area contributed by atoms with Crippen molar-refractivity contribution in [2.24, 2.45) is 0 Å². The number of rotatable bonds is 2. The molecule has 5 aromatic rings. The van der Waals surface area contributed by atoms with E-state index < -0.39 is 0 Å². The summed E-state index contributed by atoms with van der Waals surface area (Å²) >= 11 is 0.